The number of nitrogens with zero attached hydrogens (tertiary/aromatic N) is 2. The zero-order valence-electron chi connectivity index (χ0n) is 17.0. The number of piperidine rings is 1. The van der Waals surface area contributed by atoms with Gasteiger partial charge >= 0.3 is 0 Å². The number of anilines is 1. The summed E-state index contributed by atoms with van der Waals surface area (Å²) in [4.78, 5) is 41.9. The SMILES string of the molecule is O=C1CCC(N2Cc3c(NS(=O)(=O)c4cnc5ccc(F)cc5c4)cccc3C2=O)C(=O)N1. The maximum Gasteiger partial charge on any atom is 0.263 e. The Morgan fingerprint density at radius 2 is 1.94 bits per heavy atom. The van der Waals surface area contributed by atoms with Crippen molar-refractivity contribution in [1.82, 2.24) is 15.2 Å². The van der Waals surface area contributed by atoms with Crippen LogP contribution in [0.25, 0.3) is 10.9 Å². The topological polar surface area (TPSA) is 126 Å². The average molecular weight is 468 g/mol. The number of aromatic nitrogens is 1. The quantitative estimate of drug-likeness (QED) is 0.564. The Labute approximate surface area is 187 Å². The van der Waals surface area contributed by atoms with E-state index in [0.29, 0.717) is 16.5 Å². The highest BCUT2D eigenvalue weighted by Crippen LogP contribution is 2.33. The summed E-state index contributed by atoms with van der Waals surface area (Å²) in [5.74, 6) is -1.87. The number of fused-ring (bicyclic) bond motifs is 2. The molecule has 2 N–H and O–H groups in total. The molecule has 5 rings (SSSR count). The number of halogens is 1. The van der Waals surface area contributed by atoms with E-state index in [0.717, 1.165) is 0 Å². The van der Waals surface area contributed by atoms with E-state index in [-0.39, 0.29) is 35.5 Å². The molecule has 0 bridgehead atoms. The molecule has 2 aromatic carbocycles. The molecule has 3 heterocycles. The van der Waals surface area contributed by atoms with Gasteiger partial charge in [-0.2, -0.15) is 0 Å². The molecule has 1 atom stereocenters. The smallest absolute Gasteiger partial charge is 0.263 e. The zero-order chi connectivity index (χ0) is 23.3. The van der Waals surface area contributed by atoms with Gasteiger partial charge in [-0.3, -0.25) is 29.4 Å². The molecule has 9 nitrogen and oxygen atoms in total. The minimum Gasteiger partial charge on any atom is -0.322 e. The number of sulfonamides is 1. The van der Waals surface area contributed by atoms with Crippen LogP contribution in [0.3, 0.4) is 0 Å². The van der Waals surface area contributed by atoms with Gasteiger partial charge in [0.2, 0.25) is 11.8 Å². The number of amides is 3. The lowest BCUT2D eigenvalue weighted by molar-refractivity contribution is -0.136. The van der Waals surface area contributed by atoms with Crippen LogP contribution >= 0.6 is 0 Å². The van der Waals surface area contributed by atoms with Gasteiger partial charge < -0.3 is 4.90 Å². The van der Waals surface area contributed by atoms with E-state index in [4.69, 9.17) is 0 Å². The number of benzene rings is 2. The number of carbonyl (C=O) groups excluding carboxylic acids is 3. The molecule has 1 fully saturated rings. The lowest BCUT2D eigenvalue weighted by Gasteiger charge is -2.29. The molecule has 1 aromatic heterocycles. The van der Waals surface area contributed by atoms with E-state index in [2.05, 4.69) is 15.0 Å². The van der Waals surface area contributed by atoms with Gasteiger partial charge in [-0.25, -0.2) is 12.8 Å². The summed E-state index contributed by atoms with van der Waals surface area (Å²) in [5.41, 5.74) is 1.34. The first-order valence-corrected chi connectivity index (χ1v) is 11.6. The fourth-order valence-electron chi connectivity index (χ4n) is 4.11. The molecule has 11 heteroatoms. The van der Waals surface area contributed by atoms with E-state index in [9.17, 15) is 27.2 Å². The Morgan fingerprint density at radius 1 is 1.12 bits per heavy atom. The minimum absolute atomic E-state index is 0.0142. The first kappa shape index (κ1) is 21.0. The number of hydrogen-bond donors (Lipinski definition) is 2. The molecule has 2 aliphatic rings. The van der Waals surface area contributed by atoms with Crippen molar-refractivity contribution in [2.75, 3.05) is 4.72 Å². The average Bonchev–Trinajstić information content (AvgIpc) is 3.10. The molecular formula is C22H17FN4O5S. The first-order valence-electron chi connectivity index (χ1n) is 10.1. The molecule has 2 aliphatic heterocycles. The van der Waals surface area contributed by atoms with Crippen LogP contribution in [0.4, 0.5) is 10.1 Å². The van der Waals surface area contributed by atoms with Gasteiger partial charge in [0.25, 0.3) is 15.9 Å². The van der Waals surface area contributed by atoms with E-state index in [1.165, 1.54) is 47.5 Å². The Hall–Kier alpha value is -3.86. The van der Waals surface area contributed by atoms with Crippen molar-refractivity contribution in [3.05, 3.63) is 65.6 Å². The van der Waals surface area contributed by atoms with Crippen molar-refractivity contribution in [3.8, 4) is 0 Å². The summed E-state index contributed by atoms with van der Waals surface area (Å²) in [6.45, 7) is 0.0142. The number of imide groups is 1. The van der Waals surface area contributed by atoms with E-state index < -0.39 is 39.6 Å². The molecule has 33 heavy (non-hydrogen) atoms. The summed E-state index contributed by atoms with van der Waals surface area (Å²) in [7, 11) is -4.11. The van der Waals surface area contributed by atoms with Crippen molar-refractivity contribution in [2.45, 2.75) is 30.3 Å². The molecule has 0 radical (unpaired) electrons. The normalized spacial score (nSPS) is 18.4. The Balaban J connectivity index is 1.45. The second-order valence-electron chi connectivity index (χ2n) is 7.85. The summed E-state index contributed by atoms with van der Waals surface area (Å²) >= 11 is 0. The molecule has 3 aromatic rings. The van der Waals surface area contributed by atoms with Crippen LogP contribution in [-0.2, 0) is 26.2 Å². The van der Waals surface area contributed by atoms with Crippen LogP contribution in [0.2, 0.25) is 0 Å². The van der Waals surface area contributed by atoms with E-state index in [1.807, 2.05) is 0 Å². The maximum atomic E-state index is 13.6. The molecule has 0 spiro atoms. The van der Waals surface area contributed by atoms with Gasteiger partial charge in [-0.1, -0.05) is 6.07 Å². The molecule has 1 saturated heterocycles. The second-order valence-corrected chi connectivity index (χ2v) is 9.53. The van der Waals surface area contributed by atoms with Gasteiger partial charge in [0.15, 0.2) is 0 Å². The van der Waals surface area contributed by atoms with Gasteiger partial charge in [0.1, 0.15) is 16.8 Å². The lowest BCUT2D eigenvalue weighted by atomic mass is 10.0. The van der Waals surface area contributed by atoms with Crippen LogP contribution in [0.15, 0.2) is 53.6 Å². The molecule has 3 amide bonds. The predicted molar refractivity (Wildman–Crippen MR) is 115 cm³/mol. The predicted octanol–water partition coefficient (Wildman–Crippen LogP) is 1.94. The minimum atomic E-state index is -4.11. The van der Waals surface area contributed by atoms with Crippen LogP contribution in [0.1, 0.15) is 28.8 Å². The Morgan fingerprint density at radius 3 is 2.73 bits per heavy atom. The van der Waals surface area contributed by atoms with Crippen LogP contribution in [0.5, 0.6) is 0 Å². The molecule has 1 unspecified atom stereocenters. The van der Waals surface area contributed by atoms with Crippen LogP contribution in [0, 0.1) is 5.82 Å². The first-order chi connectivity index (χ1) is 15.7. The van der Waals surface area contributed by atoms with Crippen molar-refractivity contribution >= 4 is 44.3 Å². The molecule has 168 valence electrons. The fourth-order valence-corrected chi connectivity index (χ4v) is 5.19. The molecule has 0 saturated carbocycles. The maximum absolute atomic E-state index is 13.6. The third kappa shape index (κ3) is 3.69. The third-order valence-corrected chi connectivity index (χ3v) is 7.09. The van der Waals surface area contributed by atoms with Gasteiger partial charge in [-0.15, -0.1) is 0 Å². The molecule has 0 aliphatic carbocycles. The summed E-state index contributed by atoms with van der Waals surface area (Å²) < 4.78 is 42.1. The Bertz CT molecular complexity index is 1460. The second kappa shape index (κ2) is 7.62. The summed E-state index contributed by atoms with van der Waals surface area (Å²) in [6.07, 6.45) is 1.49. The molecular weight excluding hydrogens is 451 g/mol. The Kier molecular flexibility index (Phi) is 4.85. The number of carbonyl (C=O) groups is 3. The van der Waals surface area contributed by atoms with Crippen molar-refractivity contribution in [3.63, 3.8) is 0 Å². The van der Waals surface area contributed by atoms with Gasteiger partial charge in [0, 0.05) is 35.7 Å². The monoisotopic (exact) mass is 468 g/mol. The largest absolute Gasteiger partial charge is 0.322 e. The van der Waals surface area contributed by atoms with Gasteiger partial charge in [0.05, 0.1) is 11.2 Å². The highest BCUT2D eigenvalue weighted by molar-refractivity contribution is 7.92. The summed E-state index contributed by atoms with van der Waals surface area (Å²) in [6, 6.07) is 9.00. The zero-order valence-corrected chi connectivity index (χ0v) is 17.9. The van der Waals surface area contributed by atoms with E-state index >= 15 is 0 Å². The third-order valence-electron chi connectivity index (χ3n) is 5.75. The lowest BCUT2D eigenvalue weighted by Crippen LogP contribution is -2.52. The van der Waals surface area contributed by atoms with Gasteiger partial charge in [-0.05, 0) is 42.8 Å². The standard InChI is InChI=1S/C22H17FN4O5S/c23-13-4-5-17-12(8-13)9-14(10-24-17)33(31,32)26-18-3-1-2-15-16(18)11-27(22(15)30)19-6-7-20(28)25-21(19)29/h1-5,8-10,19,26H,6-7,11H2,(H,25,28,29). The van der Waals surface area contributed by atoms with Crippen molar-refractivity contribution < 1.29 is 27.2 Å². The fraction of sp³-hybridized carbons (Fsp3) is 0.182. The van der Waals surface area contributed by atoms with Crippen LogP contribution < -0.4 is 10.0 Å². The van der Waals surface area contributed by atoms with Crippen molar-refractivity contribution in [1.29, 1.82) is 0 Å². The van der Waals surface area contributed by atoms with Crippen LogP contribution in [-0.4, -0.2) is 42.1 Å². The highest BCUT2D eigenvalue weighted by atomic mass is 32.2. The number of pyridine rings is 1. The number of hydrogen-bond acceptors (Lipinski definition) is 6. The van der Waals surface area contributed by atoms with E-state index in [1.54, 1.807) is 6.07 Å². The number of nitrogens with one attached hydrogen (secondary N) is 2. The number of rotatable bonds is 4. The van der Waals surface area contributed by atoms with Crippen molar-refractivity contribution in [2.24, 2.45) is 0 Å². The summed E-state index contributed by atoms with van der Waals surface area (Å²) in [5, 5.41) is 2.56. The highest BCUT2D eigenvalue weighted by Gasteiger charge is 2.40.